The molecule has 0 fully saturated rings. The number of hydrogen-bond acceptors (Lipinski definition) is 6. The van der Waals surface area contributed by atoms with Crippen LogP contribution in [0.15, 0.2) is 24.3 Å². The number of carbonyl (C=O) groups excluding carboxylic acids is 2. The minimum Gasteiger partial charge on any atom is -0.465 e. The van der Waals surface area contributed by atoms with Crippen molar-refractivity contribution in [3.63, 3.8) is 0 Å². The summed E-state index contributed by atoms with van der Waals surface area (Å²) in [5.41, 5.74) is 1.37. The number of rotatable bonds is 4. The summed E-state index contributed by atoms with van der Waals surface area (Å²) in [6.07, 6.45) is 0. The number of nitro groups is 1. The molecule has 0 aliphatic heterocycles. The van der Waals surface area contributed by atoms with Crippen molar-refractivity contribution < 1.29 is 19.2 Å². The maximum absolute atomic E-state index is 12.2. The van der Waals surface area contributed by atoms with Gasteiger partial charge in [-0.15, -0.1) is 11.3 Å². The molecule has 0 aliphatic carbocycles. The zero-order chi connectivity index (χ0) is 17.1. The van der Waals surface area contributed by atoms with Gasteiger partial charge in [-0.05, 0) is 37.6 Å². The van der Waals surface area contributed by atoms with Crippen LogP contribution in [0.5, 0.6) is 0 Å². The Labute approximate surface area is 136 Å². The summed E-state index contributed by atoms with van der Waals surface area (Å²) >= 11 is 1.11. The van der Waals surface area contributed by atoms with Crippen molar-refractivity contribution in [2.24, 2.45) is 0 Å². The fraction of sp³-hybridized carbons (Fsp3) is 0.200. The Kier molecular flexibility index (Phi) is 4.75. The van der Waals surface area contributed by atoms with Crippen molar-refractivity contribution in [2.75, 3.05) is 12.4 Å². The normalized spacial score (nSPS) is 10.2. The van der Waals surface area contributed by atoms with Gasteiger partial charge >= 0.3 is 5.97 Å². The van der Waals surface area contributed by atoms with Crippen LogP contribution in [0, 0.1) is 24.0 Å². The molecule has 120 valence electrons. The standard InChI is InChI=1S/C15H14N2O5S/c1-8-6-10(4-5-11(8)17(20)21)14(18)16-12-7-9(2)13(23-12)15(19)22-3/h4-7H,1-3H3,(H,16,18). The van der Waals surface area contributed by atoms with E-state index >= 15 is 0 Å². The van der Waals surface area contributed by atoms with Gasteiger partial charge in [-0.3, -0.25) is 14.9 Å². The second-order valence-electron chi connectivity index (χ2n) is 4.83. The molecule has 1 N–H and O–H groups in total. The van der Waals surface area contributed by atoms with Gasteiger partial charge in [0.1, 0.15) is 4.88 Å². The van der Waals surface area contributed by atoms with Crippen LogP contribution in [0.3, 0.4) is 0 Å². The van der Waals surface area contributed by atoms with Crippen LogP contribution in [-0.2, 0) is 4.74 Å². The average molecular weight is 334 g/mol. The highest BCUT2D eigenvalue weighted by molar-refractivity contribution is 7.18. The minimum atomic E-state index is -0.498. The number of nitrogens with one attached hydrogen (secondary N) is 1. The SMILES string of the molecule is COC(=O)c1sc(NC(=O)c2ccc([N+](=O)[O-])c(C)c2)cc1C. The van der Waals surface area contributed by atoms with Crippen molar-refractivity contribution in [1.82, 2.24) is 0 Å². The van der Waals surface area contributed by atoms with Crippen LogP contribution in [0.1, 0.15) is 31.2 Å². The van der Waals surface area contributed by atoms with Crippen LogP contribution < -0.4 is 5.32 Å². The number of esters is 1. The number of thiophene rings is 1. The maximum atomic E-state index is 12.2. The van der Waals surface area contributed by atoms with E-state index in [0.717, 1.165) is 11.3 Å². The highest BCUT2D eigenvalue weighted by Crippen LogP contribution is 2.28. The van der Waals surface area contributed by atoms with Gasteiger partial charge in [-0.2, -0.15) is 0 Å². The first-order valence-corrected chi connectivity index (χ1v) is 7.40. The Morgan fingerprint density at radius 2 is 1.91 bits per heavy atom. The molecule has 2 rings (SSSR count). The van der Waals surface area contributed by atoms with Gasteiger partial charge in [-0.25, -0.2) is 4.79 Å². The summed E-state index contributed by atoms with van der Waals surface area (Å²) in [5.74, 6) is -0.861. The first-order chi connectivity index (χ1) is 10.8. The van der Waals surface area contributed by atoms with Gasteiger partial charge in [-0.1, -0.05) is 0 Å². The lowest BCUT2D eigenvalue weighted by molar-refractivity contribution is -0.385. The largest absolute Gasteiger partial charge is 0.465 e. The van der Waals surface area contributed by atoms with Crippen molar-refractivity contribution >= 4 is 33.9 Å². The van der Waals surface area contributed by atoms with E-state index in [1.165, 1.54) is 25.3 Å². The molecule has 8 heteroatoms. The monoisotopic (exact) mass is 334 g/mol. The number of nitro benzene ring substituents is 1. The van der Waals surface area contributed by atoms with Gasteiger partial charge in [0.15, 0.2) is 0 Å². The molecule has 2 aromatic rings. The predicted octanol–water partition coefficient (Wildman–Crippen LogP) is 3.31. The second kappa shape index (κ2) is 6.57. The van der Waals surface area contributed by atoms with Crippen LogP contribution in [0.4, 0.5) is 10.7 Å². The van der Waals surface area contributed by atoms with Crippen molar-refractivity contribution in [1.29, 1.82) is 0 Å². The quantitative estimate of drug-likeness (QED) is 0.525. The van der Waals surface area contributed by atoms with Crippen LogP contribution in [0.25, 0.3) is 0 Å². The highest BCUT2D eigenvalue weighted by atomic mass is 32.1. The Hall–Kier alpha value is -2.74. The molecule has 1 aromatic carbocycles. The molecule has 0 saturated carbocycles. The van der Waals surface area contributed by atoms with E-state index in [1.54, 1.807) is 19.9 Å². The molecule has 0 bridgehead atoms. The molecule has 1 heterocycles. The van der Waals surface area contributed by atoms with Crippen molar-refractivity contribution in [3.8, 4) is 0 Å². The second-order valence-corrected chi connectivity index (χ2v) is 5.88. The summed E-state index contributed by atoms with van der Waals surface area (Å²) in [5, 5.41) is 14.0. The summed E-state index contributed by atoms with van der Waals surface area (Å²) in [6, 6.07) is 5.81. The number of hydrogen-bond donors (Lipinski definition) is 1. The van der Waals surface area contributed by atoms with E-state index in [1.807, 2.05) is 0 Å². The molecule has 1 aromatic heterocycles. The van der Waals surface area contributed by atoms with Gasteiger partial charge < -0.3 is 10.1 Å². The Balaban J connectivity index is 2.21. The summed E-state index contributed by atoms with van der Waals surface area (Å²) < 4.78 is 4.67. The number of amides is 1. The van der Waals surface area contributed by atoms with Gasteiger partial charge in [0.05, 0.1) is 17.0 Å². The molecule has 1 amide bonds. The third-order valence-corrected chi connectivity index (χ3v) is 4.31. The number of benzene rings is 1. The van der Waals surface area contributed by atoms with E-state index < -0.39 is 16.8 Å². The van der Waals surface area contributed by atoms with E-state index in [-0.39, 0.29) is 5.69 Å². The van der Waals surface area contributed by atoms with Crippen LogP contribution >= 0.6 is 11.3 Å². The topological polar surface area (TPSA) is 98.5 Å². The smallest absolute Gasteiger partial charge is 0.348 e. The minimum absolute atomic E-state index is 0.0403. The summed E-state index contributed by atoms with van der Waals surface area (Å²) in [4.78, 5) is 34.5. The van der Waals surface area contributed by atoms with Crippen LogP contribution in [0.2, 0.25) is 0 Å². The molecular formula is C15H14N2O5S. The number of ether oxygens (including phenoxy) is 1. The zero-order valence-corrected chi connectivity index (χ0v) is 13.5. The van der Waals surface area contributed by atoms with E-state index in [0.29, 0.717) is 26.6 Å². The van der Waals surface area contributed by atoms with Crippen molar-refractivity contribution in [2.45, 2.75) is 13.8 Å². The Morgan fingerprint density at radius 3 is 2.48 bits per heavy atom. The molecule has 0 atom stereocenters. The number of anilines is 1. The molecule has 0 unspecified atom stereocenters. The van der Waals surface area contributed by atoms with E-state index in [9.17, 15) is 19.7 Å². The first kappa shape index (κ1) is 16.6. The van der Waals surface area contributed by atoms with Gasteiger partial charge in [0.25, 0.3) is 11.6 Å². The lowest BCUT2D eigenvalue weighted by atomic mass is 10.1. The maximum Gasteiger partial charge on any atom is 0.348 e. The first-order valence-electron chi connectivity index (χ1n) is 6.58. The molecule has 23 heavy (non-hydrogen) atoms. The van der Waals surface area contributed by atoms with E-state index in [2.05, 4.69) is 10.1 Å². The summed E-state index contributed by atoms with van der Waals surface area (Å²) in [7, 11) is 1.29. The molecule has 0 spiro atoms. The molecule has 0 saturated heterocycles. The summed E-state index contributed by atoms with van der Waals surface area (Å²) in [6.45, 7) is 3.31. The lowest BCUT2D eigenvalue weighted by Crippen LogP contribution is -2.11. The number of carbonyl (C=O) groups is 2. The molecule has 0 radical (unpaired) electrons. The average Bonchev–Trinajstić information content (AvgIpc) is 2.86. The zero-order valence-electron chi connectivity index (χ0n) is 12.7. The number of methoxy groups -OCH3 is 1. The molecular weight excluding hydrogens is 320 g/mol. The van der Waals surface area contributed by atoms with Gasteiger partial charge in [0, 0.05) is 17.2 Å². The third-order valence-electron chi connectivity index (χ3n) is 3.18. The molecule has 0 aliphatic rings. The number of aryl methyl sites for hydroxylation is 2. The Morgan fingerprint density at radius 1 is 1.22 bits per heavy atom. The van der Waals surface area contributed by atoms with Crippen LogP contribution in [-0.4, -0.2) is 23.9 Å². The van der Waals surface area contributed by atoms with Crippen molar-refractivity contribution in [3.05, 3.63) is 55.9 Å². The Bertz CT molecular complexity index is 797. The molecule has 7 nitrogen and oxygen atoms in total. The fourth-order valence-electron chi connectivity index (χ4n) is 2.02. The van der Waals surface area contributed by atoms with E-state index in [4.69, 9.17) is 0 Å². The van der Waals surface area contributed by atoms with Gasteiger partial charge in [0.2, 0.25) is 0 Å². The highest BCUT2D eigenvalue weighted by Gasteiger charge is 2.17. The fourth-order valence-corrected chi connectivity index (χ4v) is 3.01. The lowest BCUT2D eigenvalue weighted by Gasteiger charge is -2.04. The number of nitrogens with zero attached hydrogens (tertiary/aromatic N) is 1. The predicted molar refractivity (Wildman–Crippen MR) is 86.2 cm³/mol. The third kappa shape index (κ3) is 3.54.